The van der Waals surface area contributed by atoms with E-state index in [1.165, 1.54) is 37.7 Å². The maximum atomic E-state index is 6.40. The number of halogens is 1. The minimum absolute atomic E-state index is 0.370. The summed E-state index contributed by atoms with van der Waals surface area (Å²) < 4.78 is 7.49. The first kappa shape index (κ1) is 15.4. The summed E-state index contributed by atoms with van der Waals surface area (Å²) in [5.41, 5.74) is 1.28. The molecule has 0 aliphatic heterocycles. The van der Waals surface area contributed by atoms with E-state index in [0.717, 1.165) is 34.6 Å². The Morgan fingerprint density at radius 3 is 2.67 bits per heavy atom. The van der Waals surface area contributed by atoms with Crippen LogP contribution in [0.5, 0.6) is 5.75 Å². The smallest absolute Gasteiger partial charge is 0.138 e. The predicted octanol–water partition coefficient (Wildman–Crippen LogP) is 4.90. The zero-order chi connectivity index (χ0) is 14.8. The molecule has 2 aliphatic rings. The fraction of sp³-hybridized carbons (Fsp3) is 0.667. The second-order valence-electron chi connectivity index (χ2n) is 6.89. The summed E-state index contributed by atoms with van der Waals surface area (Å²) in [4.78, 5) is 0. The highest BCUT2D eigenvalue weighted by atomic mass is 79.9. The number of nitrogens with one attached hydrogen (secondary N) is 1. The molecule has 0 saturated heterocycles. The van der Waals surface area contributed by atoms with Crippen LogP contribution in [0, 0.1) is 11.8 Å². The van der Waals surface area contributed by atoms with E-state index in [1.54, 1.807) is 0 Å². The lowest BCUT2D eigenvalue weighted by Gasteiger charge is -2.33. The predicted molar refractivity (Wildman–Crippen MR) is 90.6 cm³/mol. The number of ether oxygens (including phenoxy) is 1. The Balaban J connectivity index is 1.68. The van der Waals surface area contributed by atoms with Crippen molar-refractivity contribution in [2.24, 2.45) is 11.8 Å². The summed E-state index contributed by atoms with van der Waals surface area (Å²) >= 11 is 3.67. The molecule has 2 aliphatic carbocycles. The Labute approximate surface area is 136 Å². The third-order valence-corrected chi connectivity index (χ3v) is 5.67. The third kappa shape index (κ3) is 4.01. The molecule has 0 bridgehead atoms. The van der Waals surface area contributed by atoms with Crippen molar-refractivity contribution in [1.82, 2.24) is 5.32 Å². The molecule has 0 radical (unpaired) electrons. The van der Waals surface area contributed by atoms with Crippen molar-refractivity contribution in [3.63, 3.8) is 0 Å². The van der Waals surface area contributed by atoms with Crippen LogP contribution in [0.4, 0.5) is 0 Å². The van der Waals surface area contributed by atoms with E-state index in [1.807, 2.05) is 0 Å². The van der Waals surface area contributed by atoms with Crippen LogP contribution >= 0.6 is 15.9 Å². The van der Waals surface area contributed by atoms with Gasteiger partial charge in [-0.15, -0.1) is 0 Å². The number of benzene rings is 1. The molecule has 1 aromatic rings. The van der Waals surface area contributed by atoms with Gasteiger partial charge in [0.15, 0.2) is 0 Å². The minimum Gasteiger partial charge on any atom is -0.489 e. The van der Waals surface area contributed by atoms with Gasteiger partial charge < -0.3 is 10.1 Å². The van der Waals surface area contributed by atoms with Crippen LogP contribution in [0.25, 0.3) is 0 Å². The molecule has 0 aromatic heterocycles. The number of hydrogen-bond acceptors (Lipinski definition) is 2. The van der Waals surface area contributed by atoms with Crippen LogP contribution in [0.3, 0.4) is 0 Å². The molecule has 0 heterocycles. The first-order valence-corrected chi connectivity index (χ1v) is 9.10. The lowest BCUT2D eigenvalue weighted by Crippen LogP contribution is -2.29. The van der Waals surface area contributed by atoms with Gasteiger partial charge in [0.05, 0.1) is 10.6 Å². The molecule has 21 heavy (non-hydrogen) atoms. The summed E-state index contributed by atoms with van der Waals surface area (Å²) in [5.74, 6) is 2.65. The lowest BCUT2D eigenvalue weighted by molar-refractivity contribution is 0.0989. The maximum absolute atomic E-state index is 6.40. The van der Waals surface area contributed by atoms with Crippen molar-refractivity contribution in [3.8, 4) is 5.75 Å². The highest BCUT2D eigenvalue weighted by Crippen LogP contribution is 2.36. The first-order chi connectivity index (χ1) is 10.1. The van der Waals surface area contributed by atoms with Crippen molar-refractivity contribution in [2.75, 3.05) is 0 Å². The van der Waals surface area contributed by atoms with Gasteiger partial charge in [-0.3, -0.25) is 0 Å². The van der Waals surface area contributed by atoms with Gasteiger partial charge in [0.1, 0.15) is 5.75 Å². The molecule has 2 saturated carbocycles. The maximum Gasteiger partial charge on any atom is 0.138 e. The van der Waals surface area contributed by atoms with E-state index in [0.29, 0.717) is 6.10 Å². The molecule has 1 N–H and O–H groups in total. The van der Waals surface area contributed by atoms with Gasteiger partial charge >= 0.3 is 0 Å². The molecule has 0 amide bonds. The van der Waals surface area contributed by atoms with Gasteiger partial charge in [-0.25, -0.2) is 0 Å². The molecule has 3 rings (SSSR count). The molecule has 2 nitrogen and oxygen atoms in total. The molecule has 3 heteroatoms. The zero-order valence-electron chi connectivity index (χ0n) is 13.1. The molecule has 1 aromatic carbocycles. The van der Waals surface area contributed by atoms with E-state index in [2.05, 4.69) is 53.3 Å². The van der Waals surface area contributed by atoms with Crippen LogP contribution < -0.4 is 10.1 Å². The Kier molecular flexibility index (Phi) is 4.90. The van der Waals surface area contributed by atoms with Crippen molar-refractivity contribution >= 4 is 15.9 Å². The minimum atomic E-state index is 0.370. The SMILES string of the molecule is CC1CCC(Oc2c(Br)cccc2CNC2CC2)CC1C. The highest BCUT2D eigenvalue weighted by Gasteiger charge is 2.27. The van der Waals surface area contributed by atoms with Gasteiger partial charge in [-0.1, -0.05) is 26.0 Å². The average Bonchev–Trinajstić information content (AvgIpc) is 3.28. The van der Waals surface area contributed by atoms with Crippen molar-refractivity contribution < 1.29 is 4.74 Å². The van der Waals surface area contributed by atoms with Crippen LogP contribution in [-0.2, 0) is 6.54 Å². The summed E-state index contributed by atoms with van der Waals surface area (Å²) in [5, 5.41) is 3.59. The molecule has 116 valence electrons. The monoisotopic (exact) mass is 351 g/mol. The van der Waals surface area contributed by atoms with Crippen LogP contribution in [0.15, 0.2) is 22.7 Å². The summed E-state index contributed by atoms with van der Waals surface area (Å²) in [6.07, 6.45) is 6.66. The zero-order valence-corrected chi connectivity index (χ0v) is 14.7. The molecular weight excluding hydrogens is 326 g/mol. The van der Waals surface area contributed by atoms with E-state index < -0.39 is 0 Å². The standard InChI is InChI=1S/C18H26BrNO/c1-12-6-9-16(10-13(12)2)21-18-14(4-3-5-17(18)19)11-20-15-7-8-15/h3-5,12-13,15-16,20H,6-11H2,1-2H3. The topological polar surface area (TPSA) is 21.3 Å². The molecular formula is C18H26BrNO. The first-order valence-electron chi connectivity index (χ1n) is 8.31. The average molecular weight is 352 g/mol. The molecule has 3 unspecified atom stereocenters. The van der Waals surface area contributed by atoms with Crippen molar-refractivity contribution in [3.05, 3.63) is 28.2 Å². The van der Waals surface area contributed by atoms with E-state index in [9.17, 15) is 0 Å². The highest BCUT2D eigenvalue weighted by molar-refractivity contribution is 9.10. The quantitative estimate of drug-likeness (QED) is 0.813. The largest absolute Gasteiger partial charge is 0.489 e. The second-order valence-corrected chi connectivity index (χ2v) is 7.75. The van der Waals surface area contributed by atoms with Gasteiger partial charge in [-0.05, 0) is 65.9 Å². The summed E-state index contributed by atoms with van der Waals surface area (Å²) in [6, 6.07) is 7.11. The Hall–Kier alpha value is -0.540. The molecule has 0 spiro atoms. The van der Waals surface area contributed by atoms with Gasteiger partial charge in [-0.2, -0.15) is 0 Å². The van der Waals surface area contributed by atoms with E-state index in [4.69, 9.17) is 4.74 Å². The van der Waals surface area contributed by atoms with Crippen molar-refractivity contribution in [2.45, 2.75) is 64.6 Å². The van der Waals surface area contributed by atoms with Crippen molar-refractivity contribution in [1.29, 1.82) is 0 Å². The normalized spacial score (nSPS) is 29.4. The number of hydrogen-bond donors (Lipinski definition) is 1. The van der Waals surface area contributed by atoms with E-state index >= 15 is 0 Å². The summed E-state index contributed by atoms with van der Waals surface area (Å²) in [6.45, 7) is 5.64. The third-order valence-electron chi connectivity index (χ3n) is 5.04. The van der Waals surface area contributed by atoms with E-state index in [-0.39, 0.29) is 0 Å². The fourth-order valence-corrected chi connectivity index (χ4v) is 3.64. The second kappa shape index (κ2) is 6.70. The molecule has 3 atom stereocenters. The summed E-state index contributed by atoms with van der Waals surface area (Å²) in [7, 11) is 0. The van der Waals surface area contributed by atoms with Gasteiger partial charge in [0.25, 0.3) is 0 Å². The Morgan fingerprint density at radius 2 is 1.95 bits per heavy atom. The number of para-hydroxylation sites is 1. The van der Waals surface area contributed by atoms with Crippen LogP contribution in [0.2, 0.25) is 0 Å². The van der Waals surface area contributed by atoms with Gasteiger partial charge in [0.2, 0.25) is 0 Å². The van der Waals surface area contributed by atoms with Crippen LogP contribution in [-0.4, -0.2) is 12.1 Å². The Morgan fingerprint density at radius 1 is 1.14 bits per heavy atom. The fourth-order valence-electron chi connectivity index (χ4n) is 3.14. The lowest BCUT2D eigenvalue weighted by atomic mass is 9.80. The number of rotatable bonds is 5. The van der Waals surface area contributed by atoms with Crippen LogP contribution in [0.1, 0.15) is 51.5 Å². The Bertz CT molecular complexity index is 486. The van der Waals surface area contributed by atoms with Gasteiger partial charge in [0, 0.05) is 18.2 Å². The molecule has 2 fully saturated rings.